The summed E-state index contributed by atoms with van der Waals surface area (Å²) in [6.45, 7) is 2.13. The van der Waals surface area contributed by atoms with Crippen LogP contribution in [0.2, 0.25) is 0 Å². The highest BCUT2D eigenvalue weighted by Crippen LogP contribution is 2.15. The van der Waals surface area contributed by atoms with Crippen molar-refractivity contribution in [3.63, 3.8) is 0 Å². The number of carboxylic acid groups (broad SMARTS) is 1. The summed E-state index contributed by atoms with van der Waals surface area (Å²) in [5, 5.41) is 12.7. The molecule has 0 aliphatic rings. The average Bonchev–Trinajstić information content (AvgIpc) is 2.69. The van der Waals surface area contributed by atoms with Gasteiger partial charge in [0, 0.05) is 24.3 Å². The van der Waals surface area contributed by atoms with E-state index in [4.69, 9.17) is 5.11 Å². The Morgan fingerprint density at radius 2 is 2.50 bits per heavy atom. The van der Waals surface area contributed by atoms with Crippen molar-refractivity contribution in [2.24, 2.45) is 0 Å². The van der Waals surface area contributed by atoms with E-state index in [1.54, 1.807) is 13.1 Å². The molecule has 0 saturated heterocycles. The number of aliphatic carboxylic acids is 1. The second-order valence-electron chi connectivity index (χ2n) is 3.65. The van der Waals surface area contributed by atoms with Crippen LogP contribution in [0.15, 0.2) is 24.5 Å². The topological polar surface area (TPSA) is 78.0 Å². The van der Waals surface area contributed by atoms with Crippen molar-refractivity contribution >= 4 is 17.0 Å². The fourth-order valence-electron chi connectivity index (χ4n) is 1.51. The van der Waals surface area contributed by atoms with Gasteiger partial charge in [-0.05, 0) is 24.6 Å². The molecule has 0 radical (unpaired) electrons. The van der Waals surface area contributed by atoms with Gasteiger partial charge in [-0.2, -0.15) is 0 Å². The number of carbonyl (C=O) groups is 1. The lowest BCUT2D eigenvalue weighted by molar-refractivity contribution is -0.139. The van der Waals surface area contributed by atoms with Crippen LogP contribution in [0.1, 0.15) is 12.5 Å². The van der Waals surface area contributed by atoms with E-state index >= 15 is 0 Å². The van der Waals surface area contributed by atoms with Gasteiger partial charge in [-0.3, -0.25) is 4.79 Å². The molecule has 5 nitrogen and oxygen atoms in total. The first-order chi connectivity index (χ1) is 7.68. The molecule has 0 fully saturated rings. The Morgan fingerprint density at radius 3 is 3.25 bits per heavy atom. The van der Waals surface area contributed by atoms with Gasteiger partial charge in [0.1, 0.15) is 11.7 Å². The Morgan fingerprint density at radius 1 is 1.69 bits per heavy atom. The van der Waals surface area contributed by atoms with Gasteiger partial charge in [0.05, 0.1) is 0 Å². The number of hydrogen-bond donors (Lipinski definition) is 3. The van der Waals surface area contributed by atoms with E-state index in [0.29, 0.717) is 6.54 Å². The van der Waals surface area contributed by atoms with Crippen LogP contribution < -0.4 is 5.32 Å². The zero-order chi connectivity index (χ0) is 11.5. The van der Waals surface area contributed by atoms with Crippen LogP contribution in [0.25, 0.3) is 11.0 Å². The first kappa shape index (κ1) is 10.6. The smallest absolute Gasteiger partial charge is 0.320 e. The molecule has 0 saturated carbocycles. The molecule has 1 atom stereocenters. The van der Waals surface area contributed by atoms with E-state index in [2.05, 4.69) is 15.3 Å². The van der Waals surface area contributed by atoms with Crippen LogP contribution in [0.3, 0.4) is 0 Å². The normalized spacial score (nSPS) is 12.8. The number of H-pyrrole nitrogens is 1. The molecular weight excluding hydrogens is 206 g/mol. The quantitative estimate of drug-likeness (QED) is 0.720. The van der Waals surface area contributed by atoms with Gasteiger partial charge in [0.15, 0.2) is 0 Å². The fourth-order valence-corrected chi connectivity index (χ4v) is 1.51. The average molecular weight is 219 g/mol. The van der Waals surface area contributed by atoms with Gasteiger partial charge < -0.3 is 15.4 Å². The Kier molecular flexibility index (Phi) is 2.87. The minimum Gasteiger partial charge on any atom is -0.480 e. The third-order valence-corrected chi connectivity index (χ3v) is 2.51. The Hall–Kier alpha value is -1.88. The highest BCUT2D eigenvalue weighted by atomic mass is 16.4. The highest BCUT2D eigenvalue weighted by Gasteiger charge is 2.10. The first-order valence-electron chi connectivity index (χ1n) is 5.05. The second kappa shape index (κ2) is 4.32. The van der Waals surface area contributed by atoms with E-state index < -0.39 is 12.0 Å². The number of carboxylic acids is 1. The van der Waals surface area contributed by atoms with Crippen LogP contribution in [-0.2, 0) is 11.3 Å². The van der Waals surface area contributed by atoms with Crippen LogP contribution in [0.4, 0.5) is 0 Å². The molecule has 0 amide bonds. The van der Waals surface area contributed by atoms with E-state index in [-0.39, 0.29) is 0 Å². The summed E-state index contributed by atoms with van der Waals surface area (Å²) in [5.41, 5.74) is 1.85. The van der Waals surface area contributed by atoms with E-state index in [1.165, 1.54) is 0 Å². The van der Waals surface area contributed by atoms with E-state index in [9.17, 15) is 4.79 Å². The number of aromatic amines is 1. The standard InChI is InChI=1S/C11H13N3O2/c1-7(11(15)16)13-5-8-6-14-10-9(8)3-2-4-12-10/h2-4,6-7,13H,5H2,1H3,(H,12,14)(H,15,16). The lowest BCUT2D eigenvalue weighted by Crippen LogP contribution is -2.32. The molecule has 2 rings (SSSR count). The van der Waals surface area contributed by atoms with Crippen molar-refractivity contribution in [3.05, 3.63) is 30.1 Å². The molecule has 5 heteroatoms. The molecule has 0 aliphatic carbocycles. The molecule has 0 bridgehead atoms. The maximum Gasteiger partial charge on any atom is 0.320 e. The van der Waals surface area contributed by atoms with Crippen molar-refractivity contribution in [3.8, 4) is 0 Å². The molecule has 1 unspecified atom stereocenters. The molecule has 0 spiro atoms. The van der Waals surface area contributed by atoms with Crippen molar-refractivity contribution in [1.29, 1.82) is 0 Å². The molecule has 3 N–H and O–H groups in total. The van der Waals surface area contributed by atoms with Gasteiger partial charge >= 0.3 is 5.97 Å². The fraction of sp³-hybridized carbons (Fsp3) is 0.273. The SMILES string of the molecule is CC(NCc1c[nH]c2ncccc12)C(=O)O. The third-order valence-electron chi connectivity index (χ3n) is 2.51. The third kappa shape index (κ3) is 2.04. The summed E-state index contributed by atoms with van der Waals surface area (Å²) in [4.78, 5) is 17.8. The monoisotopic (exact) mass is 219 g/mol. The number of nitrogens with one attached hydrogen (secondary N) is 2. The van der Waals surface area contributed by atoms with E-state index in [1.807, 2.05) is 18.3 Å². The first-order valence-corrected chi connectivity index (χ1v) is 5.05. The number of hydrogen-bond acceptors (Lipinski definition) is 3. The zero-order valence-corrected chi connectivity index (χ0v) is 8.90. The minimum absolute atomic E-state index is 0.513. The summed E-state index contributed by atoms with van der Waals surface area (Å²) in [6, 6.07) is 3.27. The van der Waals surface area contributed by atoms with Gasteiger partial charge in [0.25, 0.3) is 0 Å². The molecule has 2 aromatic heterocycles. The number of pyridine rings is 1. The van der Waals surface area contributed by atoms with Crippen LogP contribution in [0.5, 0.6) is 0 Å². The number of rotatable bonds is 4. The maximum atomic E-state index is 10.6. The second-order valence-corrected chi connectivity index (χ2v) is 3.65. The largest absolute Gasteiger partial charge is 0.480 e. The molecule has 0 aromatic carbocycles. The minimum atomic E-state index is -0.849. The highest BCUT2D eigenvalue weighted by molar-refractivity contribution is 5.79. The summed E-state index contributed by atoms with van der Waals surface area (Å²) in [5.74, 6) is -0.849. The van der Waals surface area contributed by atoms with Crippen LogP contribution in [0, 0.1) is 0 Å². The molecular formula is C11H13N3O2. The Labute approximate surface area is 92.5 Å². The number of fused-ring (bicyclic) bond motifs is 1. The zero-order valence-electron chi connectivity index (χ0n) is 8.90. The summed E-state index contributed by atoms with van der Waals surface area (Å²) >= 11 is 0. The van der Waals surface area contributed by atoms with Crippen molar-refractivity contribution in [2.75, 3.05) is 0 Å². The van der Waals surface area contributed by atoms with E-state index in [0.717, 1.165) is 16.6 Å². The van der Waals surface area contributed by atoms with Gasteiger partial charge in [-0.15, -0.1) is 0 Å². The van der Waals surface area contributed by atoms with Crippen molar-refractivity contribution in [2.45, 2.75) is 19.5 Å². The summed E-state index contributed by atoms with van der Waals surface area (Å²) in [7, 11) is 0. The maximum absolute atomic E-state index is 10.6. The molecule has 84 valence electrons. The van der Waals surface area contributed by atoms with Crippen molar-refractivity contribution < 1.29 is 9.90 Å². The van der Waals surface area contributed by atoms with Gasteiger partial charge in [-0.25, -0.2) is 4.98 Å². The molecule has 0 aliphatic heterocycles. The number of aromatic nitrogens is 2. The summed E-state index contributed by atoms with van der Waals surface area (Å²) in [6.07, 6.45) is 3.56. The molecule has 2 aromatic rings. The predicted molar refractivity (Wildman–Crippen MR) is 60.0 cm³/mol. The van der Waals surface area contributed by atoms with Crippen molar-refractivity contribution in [1.82, 2.24) is 15.3 Å². The van der Waals surface area contributed by atoms with Crippen LogP contribution in [-0.4, -0.2) is 27.1 Å². The Bertz CT molecular complexity index is 507. The lowest BCUT2D eigenvalue weighted by Gasteiger charge is -2.07. The van der Waals surface area contributed by atoms with Crippen LogP contribution >= 0.6 is 0 Å². The lowest BCUT2D eigenvalue weighted by atomic mass is 10.2. The predicted octanol–water partition coefficient (Wildman–Crippen LogP) is 1.13. The Balaban J connectivity index is 2.13. The molecule has 2 heterocycles. The molecule has 16 heavy (non-hydrogen) atoms. The summed E-state index contributed by atoms with van der Waals surface area (Å²) < 4.78 is 0. The van der Waals surface area contributed by atoms with Gasteiger partial charge in [0.2, 0.25) is 0 Å². The number of nitrogens with zero attached hydrogens (tertiary/aromatic N) is 1. The van der Waals surface area contributed by atoms with Gasteiger partial charge in [-0.1, -0.05) is 0 Å².